The van der Waals surface area contributed by atoms with Gasteiger partial charge in [-0.3, -0.25) is 4.79 Å². The molecule has 0 saturated carbocycles. The lowest BCUT2D eigenvalue weighted by Crippen LogP contribution is -2.52. The summed E-state index contributed by atoms with van der Waals surface area (Å²) < 4.78 is 0.953. The Balaban J connectivity index is 0.00000264. The zero-order chi connectivity index (χ0) is 15.9. The standard InChI is InChI=1S/C15H21BrN4O2.ClH/c1-11-10-17-8-9-20(11)14(21)6-7-18-15(22)19-13-4-2-12(16)3-5-13;/h2-5,11,17H,6-10H2,1H3,(H2,18,19,22);1H. The molecule has 128 valence electrons. The molecule has 3 amide bonds. The molecule has 0 bridgehead atoms. The molecule has 1 atom stereocenters. The van der Waals surface area contributed by atoms with Crippen molar-refractivity contribution in [1.82, 2.24) is 15.5 Å². The third-order valence-electron chi connectivity index (χ3n) is 3.55. The van der Waals surface area contributed by atoms with Crippen LogP contribution in [0.5, 0.6) is 0 Å². The normalized spacial score (nSPS) is 17.1. The van der Waals surface area contributed by atoms with Crippen molar-refractivity contribution in [2.24, 2.45) is 0 Å². The Hall–Kier alpha value is -1.31. The van der Waals surface area contributed by atoms with Crippen LogP contribution in [0, 0.1) is 0 Å². The van der Waals surface area contributed by atoms with Crippen LogP contribution in [0.4, 0.5) is 10.5 Å². The van der Waals surface area contributed by atoms with Gasteiger partial charge in [0.05, 0.1) is 0 Å². The Morgan fingerprint density at radius 1 is 1.35 bits per heavy atom. The summed E-state index contributed by atoms with van der Waals surface area (Å²) in [6.45, 7) is 4.73. The van der Waals surface area contributed by atoms with Crippen molar-refractivity contribution >= 4 is 46.0 Å². The topological polar surface area (TPSA) is 73.5 Å². The van der Waals surface area contributed by atoms with E-state index in [0.29, 0.717) is 18.7 Å². The minimum absolute atomic E-state index is 0. The van der Waals surface area contributed by atoms with Crippen molar-refractivity contribution in [3.8, 4) is 0 Å². The molecule has 1 fully saturated rings. The molecule has 23 heavy (non-hydrogen) atoms. The third-order valence-corrected chi connectivity index (χ3v) is 4.08. The van der Waals surface area contributed by atoms with Gasteiger partial charge in [-0.05, 0) is 31.2 Å². The number of hydrogen-bond acceptors (Lipinski definition) is 3. The molecule has 1 aromatic carbocycles. The molecule has 2 rings (SSSR count). The SMILES string of the molecule is CC1CNCCN1C(=O)CCNC(=O)Nc1ccc(Br)cc1.Cl. The molecule has 0 spiro atoms. The lowest BCUT2D eigenvalue weighted by atomic mass is 10.2. The number of halogens is 2. The minimum atomic E-state index is -0.302. The largest absolute Gasteiger partial charge is 0.337 e. The van der Waals surface area contributed by atoms with Crippen LogP contribution in [0.25, 0.3) is 0 Å². The number of carbonyl (C=O) groups is 2. The number of nitrogens with zero attached hydrogens (tertiary/aromatic N) is 1. The fraction of sp³-hybridized carbons (Fsp3) is 0.467. The highest BCUT2D eigenvalue weighted by Crippen LogP contribution is 2.13. The Bertz CT molecular complexity index is 527. The molecule has 1 aromatic rings. The van der Waals surface area contributed by atoms with E-state index in [1.807, 2.05) is 24.0 Å². The summed E-state index contributed by atoms with van der Waals surface area (Å²) >= 11 is 3.34. The fourth-order valence-electron chi connectivity index (χ4n) is 2.35. The fourth-order valence-corrected chi connectivity index (χ4v) is 2.61. The number of carbonyl (C=O) groups excluding carboxylic acids is 2. The Kier molecular flexibility index (Phi) is 8.36. The van der Waals surface area contributed by atoms with E-state index in [2.05, 4.69) is 31.9 Å². The second-order valence-corrected chi connectivity index (χ2v) is 6.19. The maximum Gasteiger partial charge on any atom is 0.319 e. The smallest absolute Gasteiger partial charge is 0.319 e. The maximum absolute atomic E-state index is 12.1. The molecule has 0 radical (unpaired) electrons. The van der Waals surface area contributed by atoms with Crippen LogP contribution in [0.1, 0.15) is 13.3 Å². The molecule has 1 aliphatic heterocycles. The highest BCUT2D eigenvalue weighted by molar-refractivity contribution is 9.10. The molecule has 6 nitrogen and oxygen atoms in total. The number of amides is 3. The molecule has 0 aromatic heterocycles. The average Bonchev–Trinajstić information content (AvgIpc) is 2.50. The number of benzene rings is 1. The molecular formula is C15H22BrClN4O2. The molecule has 3 N–H and O–H groups in total. The van der Waals surface area contributed by atoms with Gasteiger partial charge in [-0.2, -0.15) is 0 Å². The van der Waals surface area contributed by atoms with Crippen molar-refractivity contribution in [3.63, 3.8) is 0 Å². The number of anilines is 1. The zero-order valence-electron chi connectivity index (χ0n) is 13.0. The van der Waals surface area contributed by atoms with Crippen LogP contribution in [0.15, 0.2) is 28.7 Å². The highest BCUT2D eigenvalue weighted by atomic mass is 79.9. The van der Waals surface area contributed by atoms with E-state index in [0.717, 1.165) is 24.1 Å². The number of urea groups is 1. The lowest BCUT2D eigenvalue weighted by molar-refractivity contribution is -0.133. The van der Waals surface area contributed by atoms with Crippen molar-refractivity contribution in [2.75, 3.05) is 31.5 Å². The summed E-state index contributed by atoms with van der Waals surface area (Å²) in [5, 5.41) is 8.68. The predicted octanol–water partition coefficient (Wildman–Crippen LogP) is 2.20. The molecule has 1 heterocycles. The second kappa shape index (κ2) is 9.75. The Morgan fingerprint density at radius 2 is 2.04 bits per heavy atom. The molecule has 1 saturated heterocycles. The van der Waals surface area contributed by atoms with Crippen molar-refractivity contribution in [2.45, 2.75) is 19.4 Å². The predicted molar refractivity (Wildman–Crippen MR) is 97.1 cm³/mol. The van der Waals surface area contributed by atoms with E-state index < -0.39 is 0 Å². The van der Waals surface area contributed by atoms with Gasteiger partial charge in [0.15, 0.2) is 0 Å². The van der Waals surface area contributed by atoms with E-state index in [1.165, 1.54) is 0 Å². The van der Waals surface area contributed by atoms with Gasteiger partial charge in [-0.15, -0.1) is 12.4 Å². The second-order valence-electron chi connectivity index (χ2n) is 5.28. The average molecular weight is 406 g/mol. The van der Waals surface area contributed by atoms with Crippen LogP contribution in [0.3, 0.4) is 0 Å². The number of piperazine rings is 1. The molecule has 0 aliphatic carbocycles. The highest BCUT2D eigenvalue weighted by Gasteiger charge is 2.22. The first-order valence-electron chi connectivity index (χ1n) is 7.37. The van der Waals surface area contributed by atoms with Crippen LogP contribution in [-0.4, -0.2) is 49.1 Å². The van der Waals surface area contributed by atoms with Gasteiger partial charge in [-0.25, -0.2) is 4.79 Å². The molecule has 1 aliphatic rings. The van der Waals surface area contributed by atoms with Gasteiger partial charge in [0, 0.05) is 48.8 Å². The van der Waals surface area contributed by atoms with E-state index in [-0.39, 0.29) is 30.4 Å². The van der Waals surface area contributed by atoms with E-state index in [1.54, 1.807) is 12.1 Å². The lowest BCUT2D eigenvalue weighted by Gasteiger charge is -2.34. The van der Waals surface area contributed by atoms with Crippen LogP contribution >= 0.6 is 28.3 Å². The molecular weight excluding hydrogens is 384 g/mol. The van der Waals surface area contributed by atoms with E-state index in [4.69, 9.17) is 0 Å². The number of nitrogens with one attached hydrogen (secondary N) is 3. The first-order chi connectivity index (χ1) is 10.6. The van der Waals surface area contributed by atoms with Crippen molar-refractivity contribution < 1.29 is 9.59 Å². The Labute approximate surface area is 150 Å². The van der Waals surface area contributed by atoms with E-state index >= 15 is 0 Å². The maximum atomic E-state index is 12.1. The van der Waals surface area contributed by atoms with Crippen LogP contribution in [0.2, 0.25) is 0 Å². The summed E-state index contributed by atoms with van der Waals surface area (Å²) in [7, 11) is 0. The first kappa shape index (κ1) is 19.7. The Morgan fingerprint density at radius 3 is 2.70 bits per heavy atom. The van der Waals surface area contributed by atoms with Gasteiger partial charge < -0.3 is 20.9 Å². The monoisotopic (exact) mass is 404 g/mol. The van der Waals surface area contributed by atoms with Gasteiger partial charge in [0.25, 0.3) is 0 Å². The summed E-state index contributed by atoms with van der Waals surface area (Å²) in [5.74, 6) is 0.0814. The summed E-state index contributed by atoms with van der Waals surface area (Å²) in [6.07, 6.45) is 0.318. The summed E-state index contributed by atoms with van der Waals surface area (Å²) in [6, 6.07) is 7.21. The van der Waals surface area contributed by atoms with Gasteiger partial charge >= 0.3 is 6.03 Å². The summed E-state index contributed by atoms with van der Waals surface area (Å²) in [4.78, 5) is 25.7. The van der Waals surface area contributed by atoms with Crippen LogP contribution < -0.4 is 16.0 Å². The zero-order valence-corrected chi connectivity index (χ0v) is 15.4. The van der Waals surface area contributed by atoms with Gasteiger partial charge in [-0.1, -0.05) is 15.9 Å². The number of rotatable bonds is 4. The van der Waals surface area contributed by atoms with Gasteiger partial charge in [0.1, 0.15) is 0 Å². The quantitative estimate of drug-likeness (QED) is 0.719. The molecule has 1 unspecified atom stereocenters. The van der Waals surface area contributed by atoms with Crippen LogP contribution in [-0.2, 0) is 4.79 Å². The number of hydrogen-bond donors (Lipinski definition) is 3. The van der Waals surface area contributed by atoms with Gasteiger partial charge in [0.2, 0.25) is 5.91 Å². The molecule has 8 heteroatoms. The summed E-state index contributed by atoms with van der Waals surface area (Å²) in [5.41, 5.74) is 0.711. The van der Waals surface area contributed by atoms with Crippen molar-refractivity contribution in [3.05, 3.63) is 28.7 Å². The first-order valence-corrected chi connectivity index (χ1v) is 8.16. The minimum Gasteiger partial charge on any atom is -0.337 e. The third kappa shape index (κ3) is 6.37. The van der Waals surface area contributed by atoms with Crippen molar-refractivity contribution in [1.29, 1.82) is 0 Å². The van der Waals surface area contributed by atoms with E-state index in [9.17, 15) is 9.59 Å².